The summed E-state index contributed by atoms with van der Waals surface area (Å²) in [6, 6.07) is -0.0160. The third kappa shape index (κ3) is 4.35. The number of rotatable bonds is 4. The molecule has 0 aromatic carbocycles. The fourth-order valence-corrected chi connectivity index (χ4v) is 2.76. The monoisotopic (exact) mass is 285 g/mol. The number of hydrogen-bond donors (Lipinski definition) is 3. The number of carboxylic acid groups (broad SMARTS) is 1. The maximum Gasteiger partial charge on any atom is 0.332 e. The quantitative estimate of drug-likeness (QED) is 0.677. The second kappa shape index (κ2) is 6.90. The second-order valence-corrected chi connectivity index (χ2v) is 5.62. The molecule has 3 atom stereocenters. The number of carboxylic acids is 1. The lowest BCUT2D eigenvalue weighted by molar-refractivity contribution is -0.149. The lowest BCUT2D eigenvalue weighted by Crippen LogP contribution is -2.50. The number of amides is 2. The Kier molecular flexibility index (Phi) is 5.19. The molecule has 2 saturated heterocycles. The number of urea groups is 1. The molecule has 3 N–H and O–H groups in total. The van der Waals surface area contributed by atoms with Gasteiger partial charge in [-0.3, -0.25) is 0 Å². The van der Waals surface area contributed by atoms with E-state index in [2.05, 4.69) is 15.5 Å². The van der Waals surface area contributed by atoms with E-state index in [1.165, 1.54) is 0 Å². The topological polar surface area (TPSA) is 90.9 Å². The predicted octanol–water partition coefficient (Wildman–Crippen LogP) is 0.0120. The third-order valence-corrected chi connectivity index (χ3v) is 3.83. The van der Waals surface area contributed by atoms with Crippen LogP contribution < -0.4 is 10.6 Å². The highest BCUT2D eigenvalue weighted by atomic mass is 16.5. The van der Waals surface area contributed by atoms with Crippen LogP contribution in [0.15, 0.2) is 0 Å². The lowest BCUT2D eigenvalue weighted by atomic mass is 10.1. The first-order valence-electron chi connectivity index (χ1n) is 7.16. The Morgan fingerprint density at radius 1 is 1.35 bits per heavy atom. The number of aliphatic carboxylic acids is 1. The highest BCUT2D eigenvalue weighted by Crippen LogP contribution is 2.19. The fraction of sp³-hybridized carbons (Fsp3) is 0.846. The van der Waals surface area contributed by atoms with Crippen molar-refractivity contribution < 1.29 is 19.4 Å². The van der Waals surface area contributed by atoms with Gasteiger partial charge in [0.15, 0.2) is 6.10 Å². The van der Waals surface area contributed by atoms with E-state index in [9.17, 15) is 9.59 Å². The van der Waals surface area contributed by atoms with Gasteiger partial charge in [0.05, 0.1) is 6.10 Å². The van der Waals surface area contributed by atoms with Crippen molar-refractivity contribution >= 4 is 12.0 Å². The summed E-state index contributed by atoms with van der Waals surface area (Å²) < 4.78 is 5.33. The minimum absolute atomic E-state index is 0.185. The summed E-state index contributed by atoms with van der Waals surface area (Å²) in [6.45, 7) is 2.30. The average molecular weight is 285 g/mol. The van der Waals surface area contributed by atoms with Gasteiger partial charge >= 0.3 is 12.0 Å². The van der Waals surface area contributed by atoms with E-state index in [1.54, 1.807) is 0 Å². The van der Waals surface area contributed by atoms with Gasteiger partial charge in [0.2, 0.25) is 0 Å². The standard InChI is InChI=1S/C13H23N3O4/c1-16-6-2-3-9(8-16)15-13(19)14-7-10-4-5-11(20-10)12(17)18/h9-11H,2-8H2,1H3,(H,17,18)(H2,14,15,19). The van der Waals surface area contributed by atoms with E-state index < -0.39 is 12.1 Å². The van der Waals surface area contributed by atoms with Crippen molar-refractivity contribution in [1.29, 1.82) is 0 Å². The molecule has 0 radical (unpaired) electrons. The predicted molar refractivity (Wildman–Crippen MR) is 72.6 cm³/mol. The third-order valence-electron chi connectivity index (χ3n) is 3.83. The van der Waals surface area contributed by atoms with E-state index in [1.807, 2.05) is 7.05 Å². The molecule has 0 aromatic heterocycles. The van der Waals surface area contributed by atoms with Crippen LogP contribution in [0.4, 0.5) is 4.79 Å². The summed E-state index contributed by atoms with van der Waals surface area (Å²) in [5, 5.41) is 14.5. The molecule has 0 aromatic rings. The van der Waals surface area contributed by atoms with Crippen LogP contribution in [0.2, 0.25) is 0 Å². The lowest BCUT2D eigenvalue weighted by Gasteiger charge is -2.30. The van der Waals surface area contributed by atoms with Crippen LogP contribution in [0.1, 0.15) is 25.7 Å². The average Bonchev–Trinajstić information content (AvgIpc) is 2.85. The van der Waals surface area contributed by atoms with Crippen molar-refractivity contribution in [2.75, 3.05) is 26.7 Å². The van der Waals surface area contributed by atoms with Crippen LogP contribution >= 0.6 is 0 Å². The Bertz CT molecular complexity index is 364. The zero-order valence-electron chi connectivity index (χ0n) is 11.8. The number of nitrogens with one attached hydrogen (secondary N) is 2. The summed E-state index contributed by atoms with van der Waals surface area (Å²) in [5.74, 6) is -0.929. The second-order valence-electron chi connectivity index (χ2n) is 5.62. The van der Waals surface area contributed by atoms with Gasteiger partial charge in [-0.05, 0) is 39.3 Å². The SMILES string of the molecule is CN1CCCC(NC(=O)NCC2CCC(C(=O)O)O2)C1. The van der Waals surface area contributed by atoms with Crippen LogP contribution in [-0.2, 0) is 9.53 Å². The van der Waals surface area contributed by atoms with Gasteiger partial charge in [-0.1, -0.05) is 0 Å². The molecule has 2 rings (SSSR count). The summed E-state index contributed by atoms with van der Waals surface area (Å²) in [6.07, 6.45) is 2.35. The largest absolute Gasteiger partial charge is 0.479 e. The summed E-state index contributed by atoms with van der Waals surface area (Å²) in [4.78, 5) is 24.7. The molecule has 20 heavy (non-hydrogen) atoms. The number of carbonyl (C=O) groups excluding carboxylic acids is 1. The molecule has 2 aliphatic rings. The highest BCUT2D eigenvalue weighted by Gasteiger charge is 2.30. The smallest absolute Gasteiger partial charge is 0.332 e. The molecule has 7 nitrogen and oxygen atoms in total. The van der Waals surface area contributed by atoms with Crippen molar-refractivity contribution in [3.05, 3.63) is 0 Å². The van der Waals surface area contributed by atoms with Gasteiger partial charge in [-0.25, -0.2) is 9.59 Å². The molecule has 0 bridgehead atoms. The number of likely N-dealkylation sites (tertiary alicyclic amines) is 1. The first-order valence-corrected chi connectivity index (χ1v) is 7.16. The van der Waals surface area contributed by atoms with Crippen molar-refractivity contribution in [1.82, 2.24) is 15.5 Å². The Hall–Kier alpha value is -1.34. The molecule has 0 saturated carbocycles. The van der Waals surface area contributed by atoms with E-state index in [-0.39, 0.29) is 18.2 Å². The summed E-state index contributed by atoms with van der Waals surface area (Å²) in [7, 11) is 2.05. The molecular weight excluding hydrogens is 262 g/mol. The van der Waals surface area contributed by atoms with Crippen LogP contribution in [0, 0.1) is 0 Å². The van der Waals surface area contributed by atoms with Crippen LogP contribution in [0.5, 0.6) is 0 Å². The maximum absolute atomic E-state index is 11.8. The minimum atomic E-state index is -0.929. The maximum atomic E-state index is 11.8. The van der Waals surface area contributed by atoms with Gasteiger partial charge in [0, 0.05) is 19.1 Å². The zero-order chi connectivity index (χ0) is 14.5. The molecule has 3 unspecified atom stereocenters. The summed E-state index contributed by atoms with van der Waals surface area (Å²) >= 11 is 0. The number of hydrogen-bond acceptors (Lipinski definition) is 4. The van der Waals surface area contributed by atoms with E-state index in [0.717, 1.165) is 25.9 Å². The Morgan fingerprint density at radius 3 is 2.80 bits per heavy atom. The molecule has 2 aliphatic heterocycles. The normalized spacial score (nSPS) is 30.9. The number of carbonyl (C=O) groups is 2. The van der Waals surface area contributed by atoms with Crippen molar-refractivity contribution in [2.45, 2.75) is 43.9 Å². The van der Waals surface area contributed by atoms with E-state index >= 15 is 0 Å². The number of ether oxygens (including phenoxy) is 1. The molecule has 0 aliphatic carbocycles. The molecule has 2 amide bonds. The molecular formula is C13H23N3O4. The molecule has 114 valence electrons. The molecule has 2 heterocycles. The van der Waals surface area contributed by atoms with Crippen LogP contribution in [0.3, 0.4) is 0 Å². The molecule has 0 spiro atoms. The first-order chi connectivity index (χ1) is 9.54. The zero-order valence-corrected chi connectivity index (χ0v) is 11.8. The van der Waals surface area contributed by atoms with Crippen LogP contribution in [0.25, 0.3) is 0 Å². The highest BCUT2D eigenvalue weighted by molar-refractivity contribution is 5.74. The fourth-order valence-electron chi connectivity index (χ4n) is 2.76. The van der Waals surface area contributed by atoms with Gasteiger partial charge in [0.25, 0.3) is 0 Å². The van der Waals surface area contributed by atoms with Crippen molar-refractivity contribution in [2.24, 2.45) is 0 Å². The minimum Gasteiger partial charge on any atom is -0.479 e. The Balaban J connectivity index is 1.64. The summed E-state index contributed by atoms with van der Waals surface area (Å²) in [5.41, 5.74) is 0. The van der Waals surface area contributed by atoms with E-state index in [4.69, 9.17) is 9.84 Å². The Labute approximate surface area is 118 Å². The van der Waals surface area contributed by atoms with Crippen LogP contribution in [-0.4, -0.2) is 66.9 Å². The van der Waals surface area contributed by atoms with Gasteiger partial charge < -0.3 is 25.4 Å². The number of likely N-dealkylation sites (N-methyl/N-ethyl adjacent to an activating group) is 1. The van der Waals surface area contributed by atoms with Gasteiger partial charge in [-0.2, -0.15) is 0 Å². The molecule has 2 fully saturated rings. The van der Waals surface area contributed by atoms with Gasteiger partial charge in [-0.15, -0.1) is 0 Å². The van der Waals surface area contributed by atoms with Crippen molar-refractivity contribution in [3.63, 3.8) is 0 Å². The number of nitrogens with zero attached hydrogens (tertiary/aromatic N) is 1. The first kappa shape index (κ1) is 15.1. The van der Waals surface area contributed by atoms with Gasteiger partial charge in [0.1, 0.15) is 0 Å². The van der Waals surface area contributed by atoms with E-state index in [0.29, 0.717) is 19.4 Å². The Morgan fingerprint density at radius 2 is 2.15 bits per heavy atom. The molecule has 7 heteroatoms. The number of piperidine rings is 1. The van der Waals surface area contributed by atoms with Crippen molar-refractivity contribution in [3.8, 4) is 0 Å².